The molecule has 2 amide bonds. The van der Waals surface area contributed by atoms with Gasteiger partial charge in [0.1, 0.15) is 5.82 Å². The molecule has 2 N–H and O–H groups in total. The molecule has 0 radical (unpaired) electrons. The molecular weight excluding hydrogens is 393 g/mol. The average Bonchev–Trinajstić information content (AvgIpc) is 2.74. The summed E-state index contributed by atoms with van der Waals surface area (Å²) in [5, 5.41) is 5.91. The van der Waals surface area contributed by atoms with Crippen LogP contribution in [0.1, 0.15) is 25.3 Å². The van der Waals surface area contributed by atoms with E-state index in [1.165, 1.54) is 18.2 Å². The van der Waals surface area contributed by atoms with E-state index in [1.807, 2.05) is 42.2 Å². The van der Waals surface area contributed by atoms with Crippen molar-refractivity contribution in [2.75, 3.05) is 18.4 Å². The maximum atomic E-state index is 13.1. The molecule has 0 bridgehead atoms. The van der Waals surface area contributed by atoms with E-state index in [9.17, 15) is 14.0 Å². The number of hydrogen-bond donors (Lipinski definition) is 2. The van der Waals surface area contributed by atoms with E-state index < -0.39 is 5.82 Å². The van der Waals surface area contributed by atoms with Crippen LogP contribution in [0, 0.1) is 11.7 Å². The van der Waals surface area contributed by atoms with E-state index in [0.717, 1.165) is 5.56 Å². The Bertz CT molecular complexity index is 854. The summed E-state index contributed by atoms with van der Waals surface area (Å²) < 4.78 is 13.1. The number of nitrogens with zero attached hydrogens (tertiary/aromatic N) is 1. The summed E-state index contributed by atoms with van der Waals surface area (Å²) in [6, 6.07) is 13.3. The molecule has 1 heterocycles. The number of piperidine rings is 1. The van der Waals surface area contributed by atoms with Crippen LogP contribution in [-0.4, -0.2) is 35.8 Å². The fourth-order valence-electron chi connectivity index (χ4n) is 3.47. The summed E-state index contributed by atoms with van der Waals surface area (Å²) in [4.78, 5) is 27.0. The molecule has 1 aliphatic rings. The van der Waals surface area contributed by atoms with Crippen LogP contribution in [0.15, 0.2) is 48.5 Å². The van der Waals surface area contributed by atoms with Gasteiger partial charge in [0.15, 0.2) is 0 Å². The highest BCUT2D eigenvalue weighted by molar-refractivity contribution is 6.33. The van der Waals surface area contributed by atoms with Gasteiger partial charge in [0.05, 0.1) is 16.8 Å². The average molecular weight is 418 g/mol. The van der Waals surface area contributed by atoms with Gasteiger partial charge in [-0.05, 0) is 56.6 Å². The summed E-state index contributed by atoms with van der Waals surface area (Å²) in [5.74, 6) is -0.639. The standard InChI is InChI=1S/C22H25ClFN3O2/c1-15(21(28)26-20-8-7-18(24)13-19(20)23)27-11-9-17(10-12-27)22(29)25-14-16-5-3-2-4-6-16/h2-8,13,15,17H,9-12,14H2,1H3,(H,25,29)(H,26,28)/t15-/m1/s1. The van der Waals surface area contributed by atoms with E-state index in [0.29, 0.717) is 38.2 Å². The second-order valence-electron chi connectivity index (χ2n) is 7.30. The number of halogens is 2. The van der Waals surface area contributed by atoms with Gasteiger partial charge in [-0.15, -0.1) is 0 Å². The molecule has 2 aromatic rings. The van der Waals surface area contributed by atoms with Crippen molar-refractivity contribution in [1.29, 1.82) is 0 Å². The highest BCUT2D eigenvalue weighted by Crippen LogP contribution is 2.24. The Labute approximate surface area is 175 Å². The van der Waals surface area contributed by atoms with Crippen molar-refractivity contribution >= 4 is 29.1 Å². The number of likely N-dealkylation sites (tertiary alicyclic amines) is 1. The Morgan fingerprint density at radius 2 is 1.86 bits per heavy atom. The Hall–Kier alpha value is -2.44. The normalized spacial score (nSPS) is 16.2. The van der Waals surface area contributed by atoms with E-state index in [4.69, 9.17) is 11.6 Å². The second-order valence-corrected chi connectivity index (χ2v) is 7.71. The van der Waals surface area contributed by atoms with Crippen LogP contribution in [0.2, 0.25) is 5.02 Å². The maximum absolute atomic E-state index is 13.1. The zero-order valence-corrected chi connectivity index (χ0v) is 17.1. The number of amides is 2. The van der Waals surface area contributed by atoms with Crippen molar-refractivity contribution in [3.63, 3.8) is 0 Å². The number of benzene rings is 2. The first-order chi connectivity index (χ1) is 13.9. The molecule has 29 heavy (non-hydrogen) atoms. The van der Waals surface area contributed by atoms with E-state index >= 15 is 0 Å². The lowest BCUT2D eigenvalue weighted by Crippen LogP contribution is -2.48. The lowest BCUT2D eigenvalue weighted by molar-refractivity contribution is -0.127. The highest BCUT2D eigenvalue weighted by atomic mass is 35.5. The van der Waals surface area contributed by atoms with Gasteiger partial charge in [-0.25, -0.2) is 4.39 Å². The van der Waals surface area contributed by atoms with Gasteiger partial charge >= 0.3 is 0 Å². The molecule has 0 spiro atoms. The third-order valence-corrected chi connectivity index (χ3v) is 5.64. The Morgan fingerprint density at radius 3 is 2.52 bits per heavy atom. The summed E-state index contributed by atoms with van der Waals surface area (Å²) in [6.45, 7) is 3.67. The first kappa shape index (κ1) is 21.3. The van der Waals surface area contributed by atoms with Gasteiger partial charge in [-0.1, -0.05) is 41.9 Å². The number of nitrogens with one attached hydrogen (secondary N) is 2. The molecule has 3 rings (SSSR count). The van der Waals surface area contributed by atoms with Gasteiger partial charge in [-0.3, -0.25) is 14.5 Å². The van der Waals surface area contributed by atoms with Crippen molar-refractivity contribution < 1.29 is 14.0 Å². The SMILES string of the molecule is C[C@H](C(=O)Nc1ccc(F)cc1Cl)N1CCC(C(=O)NCc2ccccc2)CC1. The van der Waals surface area contributed by atoms with Crippen molar-refractivity contribution in [3.05, 3.63) is 64.9 Å². The smallest absolute Gasteiger partial charge is 0.241 e. The van der Waals surface area contributed by atoms with Crippen LogP contribution in [0.5, 0.6) is 0 Å². The van der Waals surface area contributed by atoms with Crippen LogP contribution in [0.4, 0.5) is 10.1 Å². The molecule has 1 aliphatic heterocycles. The van der Waals surface area contributed by atoms with Gasteiger partial charge in [0, 0.05) is 12.5 Å². The first-order valence-electron chi connectivity index (χ1n) is 9.75. The minimum atomic E-state index is -0.450. The van der Waals surface area contributed by atoms with Gasteiger partial charge in [-0.2, -0.15) is 0 Å². The molecule has 0 unspecified atom stereocenters. The number of carbonyl (C=O) groups excluding carboxylic acids is 2. The molecule has 0 aromatic heterocycles. The molecule has 7 heteroatoms. The second kappa shape index (κ2) is 9.85. The Kier molecular flexibility index (Phi) is 7.23. The lowest BCUT2D eigenvalue weighted by Gasteiger charge is -2.34. The van der Waals surface area contributed by atoms with E-state index in [1.54, 1.807) is 0 Å². The summed E-state index contributed by atoms with van der Waals surface area (Å²) >= 11 is 5.98. The van der Waals surface area contributed by atoms with E-state index in [2.05, 4.69) is 10.6 Å². The molecule has 5 nitrogen and oxygen atoms in total. The third-order valence-electron chi connectivity index (χ3n) is 5.33. The topological polar surface area (TPSA) is 61.4 Å². The first-order valence-corrected chi connectivity index (χ1v) is 10.1. The molecule has 1 saturated heterocycles. The molecule has 0 saturated carbocycles. The predicted octanol–water partition coefficient (Wildman–Crippen LogP) is 3.83. The molecule has 1 fully saturated rings. The monoisotopic (exact) mass is 417 g/mol. The highest BCUT2D eigenvalue weighted by Gasteiger charge is 2.29. The number of hydrogen-bond acceptors (Lipinski definition) is 3. The molecule has 2 aromatic carbocycles. The zero-order valence-electron chi connectivity index (χ0n) is 16.3. The number of anilines is 1. The summed E-state index contributed by atoms with van der Waals surface area (Å²) in [6.07, 6.45) is 1.41. The molecule has 0 aliphatic carbocycles. The van der Waals surface area contributed by atoms with Gasteiger partial charge in [0.2, 0.25) is 11.8 Å². The van der Waals surface area contributed by atoms with Crippen molar-refractivity contribution in [1.82, 2.24) is 10.2 Å². The Morgan fingerprint density at radius 1 is 1.17 bits per heavy atom. The molecule has 154 valence electrons. The lowest BCUT2D eigenvalue weighted by atomic mass is 9.94. The molecule has 1 atom stereocenters. The minimum absolute atomic E-state index is 0.0447. The van der Waals surface area contributed by atoms with Gasteiger partial charge in [0.25, 0.3) is 0 Å². The van der Waals surface area contributed by atoms with Crippen LogP contribution in [-0.2, 0) is 16.1 Å². The van der Waals surface area contributed by atoms with Crippen LogP contribution < -0.4 is 10.6 Å². The maximum Gasteiger partial charge on any atom is 0.241 e. The van der Waals surface area contributed by atoms with Gasteiger partial charge < -0.3 is 10.6 Å². The minimum Gasteiger partial charge on any atom is -0.352 e. The molecular formula is C22H25ClFN3O2. The Balaban J connectivity index is 1.46. The third kappa shape index (κ3) is 5.78. The predicted molar refractivity (Wildman–Crippen MR) is 112 cm³/mol. The summed E-state index contributed by atoms with van der Waals surface area (Å²) in [5.41, 5.74) is 1.46. The zero-order chi connectivity index (χ0) is 20.8. The number of rotatable bonds is 6. The number of carbonyl (C=O) groups is 2. The fraction of sp³-hybridized carbons (Fsp3) is 0.364. The van der Waals surface area contributed by atoms with Crippen LogP contribution >= 0.6 is 11.6 Å². The van der Waals surface area contributed by atoms with E-state index in [-0.39, 0.29) is 28.8 Å². The van der Waals surface area contributed by atoms with Crippen LogP contribution in [0.25, 0.3) is 0 Å². The van der Waals surface area contributed by atoms with Crippen molar-refractivity contribution in [2.24, 2.45) is 5.92 Å². The van der Waals surface area contributed by atoms with Crippen molar-refractivity contribution in [3.8, 4) is 0 Å². The van der Waals surface area contributed by atoms with Crippen LogP contribution in [0.3, 0.4) is 0 Å². The van der Waals surface area contributed by atoms with Crippen molar-refractivity contribution in [2.45, 2.75) is 32.4 Å². The quantitative estimate of drug-likeness (QED) is 0.750. The summed E-state index contributed by atoms with van der Waals surface area (Å²) in [7, 11) is 0. The largest absolute Gasteiger partial charge is 0.352 e. The fourth-order valence-corrected chi connectivity index (χ4v) is 3.69.